The van der Waals surface area contributed by atoms with Crippen molar-refractivity contribution in [2.45, 2.75) is 16.7 Å². The molecule has 3 aromatic carbocycles. The molecule has 4 aromatic rings. The molecule has 0 aliphatic rings. The second-order valence-electron chi connectivity index (χ2n) is 7.79. The Morgan fingerprint density at radius 2 is 1.81 bits per heavy atom. The minimum absolute atomic E-state index is 0.128. The van der Waals surface area contributed by atoms with E-state index in [-0.39, 0.29) is 16.1 Å². The van der Waals surface area contributed by atoms with Crippen molar-refractivity contribution in [3.63, 3.8) is 0 Å². The molecular weight excluding hydrogens is 532 g/mol. The Morgan fingerprint density at radius 1 is 1.08 bits per heavy atom. The number of carbonyl (C=O) groups is 1. The van der Waals surface area contributed by atoms with Crippen LogP contribution in [0.5, 0.6) is 0 Å². The number of hydrogen-bond acceptors (Lipinski definition) is 9. The number of nitrogens with one attached hydrogen (secondary N) is 2. The molecule has 37 heavy (non-hydrogen) atoms. The summed E-state index contributed by atoms with van der Waals surface area (Å²) < 4.78 is 27.6. The Bertz CT molecular complexity index is 1520. The van der Waals surface area contributed by atoms with Gasteiger partial charge in [0.25, 0.3) is 21.6 Å². The standard InChI is InChI=1S/C25H22N4O5S3/c1-17-27-23(16-36-17)18-7-9-19(10-8-18)25(30)28-37(33,34)21-11-12-22(24(15-21)29(31)32)26-13-14-35-20-5-3-2-4-6-20/h2-12,15-16,26H,13-14H2,1H3,(H,28,30). The molecule has 4 rings (SSSR count). The van der Waals surface area contributed by atoms with E-state index >= 15 is 0 Å². The van der Waals surface area contributed by atoms with Gasteiger partial charge in [0, 0.05) is 39.8 Å². The van der Waals surface area contributed by atoms with E-state index in [1.54, 1.807) is 23.9 Å². The Labute approximate surface area is 222 Å². The van der Waals surface area contributed by atoms with Crippen LogP contribution in [0.2, 0.25) is 0 Å². The third-order valence-electron chi connectivity index (χ3n) is 5.19. The number of sulfonamides is 1. The number of nitrogens with zero attached hydrogens (tertiary/aromatic N) is 2. The summed E-state index contributed by atoms with van der Waals surface area (Å²) in [5.74, 6) is -0.193. The summed E-state index contributed by atoms with van der Waals surface area (Å²) in [5.41, 5.74) is 1.48. The first-order chi connectivity index (χ1) is 17.7. The lowest BCUT2D eigenvalue weighted by molar-refractivity contribution is -0.384. The van der Waals surface area contributed by atoms with Crippen molar-refractivity contribution in [1.82, 2.24) is 9.71 Å². The summed E-state index contributed by atoms with van der Waals surface area (Å²) in [6.07, 6.45) is 0. The molecule has 0 radical (unpaired) electrons. The fourth-order valence-corrected chi connectivity index (χ4v) is 5.78. The van der Waals surface area contributed by atoms with Crippen molar-refractivity contribution < 1.29 is 18.1 Å². The van der Waals surface area contributed by atoms with Gasteiger partial charge in [-0.2, -0.15) is 0 Å². The highest BCUT2D eigenvalue weighted by molar-refractivity contribution is 7.99. The lowest BCUT2D eigenvalue weighted by Crippen LogP contribution is -2.30. The van der Waals surface area contributed by atoms with Crippen LogP contribution < -0.4 is 10.0 Å². The summed E-state index contributed by atoms with van der Waals surface area (Å²) >= 11 is 3.09. The molecule has 1 aromatic heterocycles. The SMILES string of the molecule is Cc1nc(-c2ccc(C(=O)NS(=O)(=O)c3ccc(NCCSc4ccccc4)c([N+](=O)[O-])c3)cc2)cs1. The molecule has 9 nitrogen and oxygen atoms in total. The second kappa shape index (κ2) is 11.5. The van der Waals surface area contributed by atoms with Crippen LogP contribution in [0.4, 0.5) is 11.4 Å². The van der Waals surface area contributed by atoms with E-state index in [4.69, 9.17) is 0 Å². The number of nitro groups is 1. The number of thioether (sulfide) groups is 1. The molecule has 0 saturated carbocycles. The summed E-state index contributed by atoms with van der Waals surface area (Å²) in [7, 11) is -4.35. The maximum absolute atomic E-state index is 12.8. The number of thiazole rings is 1. The number of aryl methyl sites for hydroxylation is 1. The highest BCUT2D eigenvalue weighted by atomic mass is 32.2. The maximum Gasteiger partial charge on any atom is 0.293 e. The van der Waals surface area contributed by atoms with Gasteiger partial charge in [0.05, 0.1) is 20.5 Å². The molecule has 0 aliphatic carbocycles. The highest BCUT2D eigenvalue weighted by Crippen LogP contribution is 2.28. The molecule has 0 bridgehead atoms. The monoisotopic (exact) mass is 554 g/mol. The summed E-state index contributed by atoms with van der Waals surface area (Å²) in [4.78, 5) is 28.6. The summed E-state index contributed by atoms with van der Waals surface area (Å²) in [5, 5.41) is 17.4. The van der Waals surface area contributed by atoms with Gasteiger partial charge in [-0.3, -0.25) is 14.9 Å². The first-order valence-electron chi connectivity index (χ1n) is 11.0. The van der Waals surface area contributed by atoms with Crippen molar-refractivity contribution >= 4 is 50.4 Å². The van der Waals surface area contributed by atoms with Crippen LogP contribution in [0.1, 0.15) is 15.4 Å². The Balaban J connectivity index is 1.43. The van der Waals surface area contributed by atoms with Crippen LogP contribution in [0, 0.1) is 17.0 Å². The molecule has 190 valence electrons. The molecule has 1 heterocycles. The number of carbonyl (C=O) groups excluding carboxylic acids is 1. The predicted molar refractivity (Wildman–Crippen MR) is 146 cm³/mol. The van der Waals surface area contributed by atoms with Crippen LogP contribution in [0.3, 0.4) is 0 Å². The van der Waals surface area contributed by atoms with Gasteiger partial charge in [0.2, 0.25) is 0 Å². The maximum atomic E-state index is 12.8. The first kappa shape index (κ1) is 26.3. The topological polar surface area (TPSA) is 131 Å². The minimum atomic E-state index is -4.35. The van der Waals surface area contributed by atoms with Crippen molar-refractivity contribution in [2.24, 2.45) is 0 Å². The van der Waals surface area contributed by atoms with Gasteiger partial charge in [-0.05, 0) is 43.3 Å². The average molecular weight is 555 g/mol. The summed E-state index contributed by atoms with van der Waals surface area (Å²) in [6, 6.07) is 19.6. The average Bonchev–Trinajstić information content (AvgIpc) is 3.33. The lowest BCUT2D eigenvalue weighted by atomic mass is 10.1. The van der Waals surface area contributed by atoms with E-state index in [9.17, 15) is 23.3 Å². The van der Waals surface area contributed by atoms with Gasteiger partial charge in [-0.15, -0.1) is 23.1 Å². The molecule has 0 atom stereocenters. The van der Waals surface area contributed by atoms with Crippen LogP contribution in [0.15, 0.2) is 88.0 Å². The Kier molecular flexibility index (Phi) is 8.21. The highest BCUT2D eigenvalue weighted by Gasteiger charge is 2.24. The number of anilines is 1. The van der Waals surface area contributed by atoms with Crippen LogP contribution in [-0.4, -0.2) is 36.5 Å². The molecule has 0 fully saturated rings. The van der Waals surface area contributed by atoms with E-state index in [1.165, 1.54) is 35.6 Å². The van der Waals surface area contributed by atoms with Crippen LogP contribution in [0.25, 0.3) is 11.3 Å². The van der Waals surface area contributed by atoms with Crippen molar-refractivity contribution in [2.75, 3.05) is 17.6 Å². The van der Waals surface area contributed by atoms with Gasteiger partial charge >= 0.3 is 0 Å². The smallest absolute Gasteiger partial charge is 0.293 e. The van der Waals surface area contributed by atoms with E-state index in [0.717, 1.165) is 27.2 Å². The number of rotatable bonds is 10. The van der Waals surface area contributed by atoms with Gasteiger partial charge in [-0.25, -0.2) is 18.1 Å². The van der Waals surface area contributed by atoms with Crippen molar-refractivity contribution in [1.29, 1.82) is 0 Å². The first-order valence-corrected chi connectivity index (χ1v) is 14.4. The molecule has 0 saturated heterocycles. The molecule has 0 aliphatic heterocycles. The van der Waals surface area contributed by atoms with E-state index < -0.39 is 26.5 Å². The normalized spacial score (nSPS) is 11.2. The Morgan fingerprint density at radius 3 is 2.46 bits per heavy atom. The van der Waals surface area contributed by atoms with Crippen molar-refractivity contribution in [3.8, 4) is 11.3 Å². The summed E-state index contributed by atoms with van der Waals surface area (Å²) in [6.45, 7) is 2.32. The van der Waals surface area contributed by atoms with Crippen molar-refractivity contribution in [3.05, 3.63) is 98.9 Å². The molecule has 12 heteroatoms. The fourth-order valence-electron chi connectivity index (χ4n) is 3.38. The van der Waals surface area contributed by atoms with Crippen LogP contribution in [-0.2, 0) is 10.0 Å². The largest absolute Gasteiger partial charge is 0.379 e. The van der Waals surface area contributed by atoms with Gasteiger partial charge in [-0.1, -0.05) is 30.3 Å². The number of nitro benzene ring substituents is 1. The molecule has 0 spiro atoms. The third-order valence-corrected chi connectivity index (χ3v) is 8.31. The zero-order valence-electron chi connectivity index (χ0n) is 19.6. The van der Waals surface area contributed by atoms with Gasteiger partial charge in [0.15, 0.2) is 0 Å². The molecule has 1 amide bonds. The molecular formula is C25H22N4O5S3. The quantitative estimate of drug-likeness (QED) is 0.116. The number of aromatic nitrogens is 1. The van der Waals surface area contributed by atoms with E-state index in [2.05, 4.69) is 10.3 Å². The van der Waals surface area contributed by atoms with Gasteiger partial charge in [0.1, 0.15) is 5.69 Å². The fraction of sp³-hybridized carbons (Fsp3) is 0.120. The second-order valence-corrected chi connectivity index (χ2v) is 11.7. The molecule has 2 N–H and O–H groups in total. The van der Waals surface area contributed by atoms with E-state index in [1.807, 2.05) is 47.4 Å². The lowest BCUT2D eigenvalue weighted by Gasteiger charge is -2.10. The van der Waals surface area contributed by atoms with Crippen LogP contribution >= 0.6 is 23.1 Å². The van der Waals surface area contributed by atoms with E-state index in [0.29, 0.717) is 12.3 Å². The molecule has 0 unspecified atom stereocenters. The zero-order chi connectivity index (χ0) is 26.4. The minimum Gasteiger partial charge on any atom is -0.379 e. The number of benzene rings is 3. The third kappa shape index (κ3) is 6.73. The number of amides is 1. The predicted octanol–water partition coefficient (Wildman–Crippen LogP) is 5.35. The zero-order valence-corrected chi connectivity index (χ0v) is 22.0. The van der Waals surface area contributed by atoms with Gasteiger partial charge < -0.3 is 5.32 Å². The number of hydrogen-bond donors (Lipinski definition) is 2. The Hall–Kier alpha value is -3.74.